The highest BCUT2D eigenvalue weighted by atomic mass is 19.4. The lowest BCUT2D eigenvalue weighted by Gasteiger charge is -2.19. The first kappa shape index (κ1) is 19.2. The molecule has 8 heteroatoms. The van der Waals surface area contributed by atoms with Gasteiger partial charge in [0.25, 0.3) is 0 Å². The van der Waals surface area contributed by atoms with Crippen molar-refractivity contribution in [1.82, 2.24) is 0 Å². The van der Waals surface area contributed by atoms with E-state index in [0.29, 0.717) is 5.56 Å². The summed E-state index contributed by atoms with van der Waals surface area (Å²) >= 11 is 0. The smallest absolute Gasteiger partial charge is 0.425 e. The largest absolute Gasteiger partial charge is 0.480 e. The maximum absolute atomic E-state index is 14.4. The third kappa shape index (κ3) is 4.51. The highest BCUT2D eigenvalue weighted by Gasteiger charge is 2.39. The molecule has 26 heavy (non-hydrogen) atoms. The molecule has 0 amide bonds. The zero-order valence-corrected chi connectivity index (χ0v) is 13.5. The van der Waals surface area contributed by atoms with Gasteiger partial charge in [0.2, 0.25) is 0 Å². The third-order valence-electron chi connectivity index (χ3n) is 3.41. The number of carbonyl (C=O) groups is 1. The fourth-order valence-electron chi connectivity index (χ4n) is 1.99. The van der Waals surface area contributed by atoms with Gasteiger partial charge < -0.3 is 9.47 Å². The quantitative estimate of drug-likeness (QED) is 0.581. The Bertz CT molecular complexity index is 829. The van der Waals surface area contributed by atoms with Crippen LogP contribution >= 0.6 is 0 Å². The number of ether oxygens (including phenoxy) is 2. The highest BCUT2D eigenvalue weighted by Crippen LogP contribution is 2.30. The van der Waals surface area contributed by atoms with E-state index in [0.717, 1.165) is 19.1 Å². The van der Waals surface area contributed by atoms with Crippen LogP contribution in [0.15, 0.2) is 42.5 Å². The van der Waals surface area contributed by atoms with Crippen LogP contribution in [0.25, 0.3) is 0 Å². The molecule has 0 aromatic heterocycles. The van der Waals surface area contributed by atoms with Crippen LogP contribution in [0.5, 0.6) is 5.75 Å². The van der Waals surface area contributed by atoms with E-state index in [1.165, 1.54) is 6.07 Å². The molecule has 0 saturated carbocycles. The SMILES string of the molecule is C[C@@H](Oc1ccc(C#N)c(F)c1C(=O)OCc1ccccc1)C(F)(F)F. The van der Waals surface area contributed by atoms with Crippen molar-refractivity contribution >= 4 is 5.97 Å². The Morgan fingerprint density at radius 2 is 1.85 bits per heavy atom. The second-order valence-corrected chi connectivity index (χ2v) is 5.28. The van der Waals surface area contributed by atoms with Crippen LogP contribution in [0.1, 0.15) is 28.4 Å². The molecule has 1 atom stereocenters. The summed E-state index contributed by atoms with van der Waals surface area (Å²) in [4.78, 5) is 12.2. The predicted octanol–water partition coefficient (Wildman–Crippen LogP) is 4.38. The Kier molecular flexibility index (Phi) is 5.82. The minimum atomic E-state index is -4.71. The first-order valence-corrected chi connectivity index (χ1v) is 7.41. The van der Waals surface area contributed by atoms with Crippen LogP contribution in [0.3, 0.4) is 0 Å². The van der Waals surface area contributed by atoms with E-state index in [4.69, 9.17) is 10.00 Å². The molecule has 0 unspecified atom stereocenters. The molecule has 0 aliphatic carbocycles. The van der Waals surface area contributed by atoms with Gasteiger partial charge >= 0.3 is 12.1 Å². The zero-order chi connectivity index (χ0) is 19.3. The van der Waals surface area contributed by atoms with Crippen molar-refractivity contribution in [1.29, 1.82) is 5.26 Å². The number of halogens is 4. The summed E-state index contributed by atoms with van der Waals surface area (Å²) < 4.78 is 62.1. The summed E-state index contributed by atoms with van der Waals surface area (Å²) in [6.45, 7) is 0.499. The van der Waals surface area contributed by atoms with Gasteiger partial charge in [-0.15, -0.1) is 0 Å². The van der Waals surface area contributed by atoms with Gasteiger partial charge in [-0.3, -0.25) is 0 Å². The van der Waals surface area contributed by atoms with E-state index in [1.807, 2.05) is 0 Å². The first-order chi connectivity index (χ1) is 12.2. The van der Waals surface area contributed by atoms with Crippen LogP contribution in [-0.4, -0.2) is 18.2 Å². The molecule has 0 heterocycles. The number of benzene rings is 2. The number of alkyl halides is 3. The molecule has 0 spiro atoms. The van der Waals surface area contributed by atoms with Gasteiger partial charge in [-0.2, -0.15) is 18.4 Å². The Hall–Kier alpha value is -3.08. The fourth-order valence-corrected chi connectivity index (χ4v) is 1.99. The minimum absolute atomic E-state index is 0.218. The number of hydrogen-bond acceptors (Lipinski definition) is 4. The van der Waals surface area contributed by atoms with E-state index in [9.17, 15) is 22.4 Å². The summed E-state index contributed by atoms with van der Waals surface area (Å²) in [5, 5.41) is 8.87. The zero-order valence-electron chi connectivity index (χ0n) is 13.5. The number of rotatable bonds is 5. The summed E-state index contributed by atoms with van der Waals surface area (Å²) in [6.07, 6.45) is -6.99. The van der Waals surface area contributed by atoms with Gasteiger partial charge in [-0.05, 0) is 24.6 Å². The number of nitriles is 1. The molecule has 0 radical (unpaired) electrons. The van der Waals surface area contributed by atoms with Crippen molar-refractivity contribution in [3.63, 3.8) is 0 Å². The van der Waals surface area contributed by atoms with Crippen LogP contribution < -0.4 is 4.74 Å². The first-order valence-electron chi connectivity index (χ1n) is 7.41. The fraction of sp³-hybridized carbons (Fsp3) is 0.222. The van der Waals surface area contributed by atoms with Gasteiger partial charge in [0.15, 0.2) is 11.9 Å². The van der Waals surface area contributed by atoms with E-state index in [1.54, 1.807) is 30.3 Å². The number of esters is 1. The van der Waals surface area contributed by atoms with Gasteiger partial charge in [-0.1, -0.05) is 30.3 Å². The summed E-state index contributed by atoms with van der Waals surface area (Å²) in [6, 6.07) is 11.8. The van der Waals surface area contributed by atoms with E-state index in [-0.39, 0.29) is 6.61 Å². The molecule has 0 saturated heterocycles. The minimum Gasteiger partial charge on any atom is -0.480 e. The Balaban J connectivity index is 2.31. The van der Waals surface area contributed by atoms with E-state index < -0.39 is 40.9 Å². The van der Waals surface area contributed by atoms with Crippen LogP contribution in [0.2, 0.25) is 0 Å². The molecular formula is C18H13F4NO3. The molecular weight excluding hydrogens is 354 g/mol. The second-order valence-electron chi connectivity index (χ2n) is 5.28. The van der Waals surface area contributed by atoms with E-state index >= 15 is 0 Å². The molecule has 2 aromatic rings. The maximum Gasteiger partial charge on any atom is 0.425 e. The van der Waals surface area contributed by atoms with Crippen LogP contribution in [0.4, 0.5) is 17.6 Å². The normalized spacial score (nSPS) is 12.2. The summed E-state index contributed by atoms with van der Waals surface area (Å²) in [5.41, 5.74) is -0.761. The predicted molar refractivity (Wildman–Crippen MR) is 82.8 cm³/mol. The molecule has 0 N–H and O–H groups in total. The summed E-state index contributed by atoms with van der Waals surface area (Å²) in [7, 11) is 0. The standard InChI is InChI=1S/C18H13F4NO3/c1-11(18(20,21)22)26-14-8-7-13(9-23)16(19)15(14)17(24)25-10-12-5-3-2-4-6-12/h2-8,11H,10H2,1H3/t11-/m1/s1. The Labute approximate surface area is 146 Å². The molecule has 4 nitrogen and oxygen atoms in total. The van der Waals surface area contributed by atoms with Crippen molar-refractivity contribution in [3.05, 3.63) is 65.0 Å². The average Bonchev–Trinajstić information content (AvgIpc) is 2.60. The highest BCUT2D eigenvalue weighted by molar-refractivity contribution is 5.93. The molecule has 0 aliphatic heterocycles. The second kappa shape index (κ2) is 7.87. The lowest BCUT2D eigenvalue weighted by Crippen LogP contribution is -2.32. The molecule has 0 aliphatic rings. The van der Waals surface area contributed by atoms with Gasteiger partial charge in [-0.25, -0.2) is 9.18 Å². The third-order valence-corrected chi connectivity index (χ3v) is 3.41. The average molecular weight is 367 g/mol. The van der Waals surface area contributed by atoms with Crippen LogP contribution in [-0.2, 0) is 11.3 Å². The number of nitrogens with zero attached hydrogens (tertiary/aromatic N) is 1. The van der Waals surface area contributed by atoms with Crippen LogP contribution in [0, 0.1) is 17.1 Å². The van der Waals surface area contributed by atoms with Crippen molar-refractivity contribution in [2.24, 2.45) is 0 Å². The molecule has 136 valence electrons. The number of hydrogen-bond donors (Lipinski definition) is 0. The maximum atomic E-state index is 14.4. The Morgan fingerprint density at radius 1 is 1.19 bits per heavy atom. The van der Waals surface area contributed by atoms with Gasteiger partial charge in [0.05, 0.1) is 5.56 Å². The molecule has 2 rings (SSSR count). The monoisotopic (exact) mass is 367 g/mol. The Morgan fingerprint density at radius 3 is 2.42 bits per heavy atom. The van der Waals surface area contributed by atoms with E-state index in [2.05, 4.69) is 4.74 Å². The van der Waals surface area contributed by atoms with Crippen molar-refractivity contribution in [3.8, 4) is 11.8 Å². The lowest BCUT2D eigenvalue weighted by molar-refractivity contribution is -0.189. The number of carbonyl (C=O) groups excluding carboxylic acids is 1. The van der Waals surface area contributed by atoms with Gasteiger partial charge in [0, 0.05) is 0 Å². The lowest BCUT2D eigenvalue weighted by atomic mass is 10.1. The van der Waals surface area contributed by atoms with Crippen molar-refractivity contribution < 1.29 is 31.8 Å². The topological polar surface area (TPSA) is 59.3 Å². The van der Waals surface area contributed by atoms with Gasteiger partial charge in [0.1, 0.15) is 24.0 Å². The van der Waals surface area contributed by atoms with Crippen molar-refractivity contribution in [2.75, 3.05) is 0 Å². The molecule has 2 aromatic carbocycles. The van der Waals surface area contributed by atoms with Crippen molar-refractivity contribution in [2.45, 2.75) is 25.8 Å². The molecule has 0 bridgehead atoms. The molecule has 0 fully saturated rings. The summed E-state index contributed by atoms with van der Waals surface area (Å²) in [5.74, 6) is -3.17.